The number of amides is 5. The van der Waals surface area contributed by atoms with Crippen LogP contribution in [-0.2, 0) is 37.1 Å². The summed E-state index contributed by atoms with van der Waals surface area (Å²) in [5.74, 6) is -2.51. The monoisotopic (exact) mass is 611 g/mol. The Morgan fingerprint density at radius 2 is 1.14 bits per heavy atom. The molecule has 0 saturated heterocycles. The Morgan fingerprint density at radius 3 is 1.64 bits per heavy atom. The Hall–Kier alpha value is -4.61. The summed E-state index contributed by atoms with van der Waals surface area (Å²) in [6, 6.07) is 14.4. The average molecular weight is 612 g/mol. The summed E-state index contributed by atoms with van der Waals surface area (Å²) < 4.78 is 10.6. The van der Waals surface area contributed by atoms with Gasteiger partial charge in [0.15, 0.2) is 0 Å². The molecule has 0 bridgehead atoms. The van der Waals surface area contributed by atoms with E-state index in [1.54, 1.807) is 27.7 Å². The van der Waals surface area contributed by atoms with Crippen molar-refractivity contribution in [3.63, 3.8) is 0 Å². The van der Waals surface area contributed by atoms with E-state index in [-0.39, 0.29) is 31.0 Å². The average Bonchev–Trinajstić information content (AvgIpc) is 2.99. The largest absolute Gasteiger partial charge is 0.459 e. The van der Waals surface area contributed by atoms with Crippen LogP contribution in [-0.4, -0.2) is 48.0 Å². The highest BCUT2D eigenvalue weighted by molar-refractivity contribution is 5.92. The number of carbonyl (C=O) groups is 5. The van der Waals surface area contributed by atoms with E-state index in [2.05, 4.69) is 26.8 Å². The first-order valence-electron chi connectivity index (χ1n) is 14.7. The fourth-order valence-corrected chi connectivity index (χ4v) is 4.09. The number of ether oxygens (including phenoxy) is 2. The lowest BCUT2D eigenvalue weighted by Gasteiger charge is -2.26. The molecule has 0 saturated carbocycles. The van der Waals surface area contributed by atoms with E-state index in [9.17, 15) is 24.0 Å². The third kappa shape index (κ3) is 12.7. The van der Waals surface area contributed by atoms with Gasteiger partial charge >= 0.3 is 18.1 Å². The third-order valence-corrected chi connectivity index (χ3v) is 6.51. The summed E-state index contributed by atoms with van der Waals surface area (Å²) in [6.45, 7) is 10.8. The molecule has 0 heterocycles. The van der Waals surface area contributed by atoms with Gasteiger partial charge in [-0.25, -0.2) is 19.8 Å². The molecule has 5 N–H and O–H groups in total. The second-order valence-corrected chi connectivity index (χ2v) is 11.5. The van der Waals surface area contributed by atoms with Gasteiger partial charge < -0.3 is 25.4 Å². The number of hydrogen-bond acceptors (Lipinski definition) is 7. The molecule has 2 rings (SSSR count). The van der Waals surface area contributed by atoms with Crippen molar-refractivity contribution in [3.8, 4) is 0 Å². The highest BCUT2D eigenvalue weighted by atomic mass is 16.5. The number of rotatable bonds is 14. The predicted molar refractivity (Wildman–Crippen MR) is 164 cm³/mol. The van der Waals surface area contributed by atoms with Crippen LogP contribution in [0.4, 0.5) is 9.59 Å². The Bertz CT molecular complexity index is 1220. The highest BCUT2D eigenvalue weighted by Gasteiger charge is 2.31. The van der Waals surface area contributed by atoms with Crippen molar-refractivity contribution in [1.29, 1.82) is 0 Å². The lowest BCUT2D eigenvalue weighted by atomic mass is 10.00. The Balaban J connectivity index is 1.93. The maximum atomic E-state index is 13.2. The van der Waals surface area contributed by atoms with Crippen LogP contribution < -0.4 is 26.8 Å². The zero-order valence-corrected chi connectivity index (χ0v) is 26.2. The van der Waals surface area contributed by atoms with Crippen molar-refractivity contribution in [1.82, 2.24) is 26.8 Å². The molecule has 0 unspecified atom stereocenters. The van der Waals surface area contributed by atoms with Crippen molar-refractivity contribution >= 4 is 29.9 Å². The van der Waals surface area contributed by atoms with Gasteiger partial charge in [0.05, 0.1) is 0 Å². The van der Waals surface area contributed by atoms with Gasteiger partial charge in [0.2, 0.25) is 5.91 Å². The van der Waals surface area contributed by atoms with Crippen LogP contribution in [0, 0.1) is 17.8 Å². The highest BCUT2D eigenvalue weighted by Crippen LogP contribution is 2.10. The van der Waals surface area contributed by atoms with Crippen molar-refractivity contribution in [2.75, 3.05) is 0 Å². The molecule has 0 aliphatic rings. The smallest absolute Gasteiger partial charge is 0.408 e. The Kier molecular flexibility index (Phi) is 14.7. The number of alkyl carbamates (subject to hydrolysis) is 1. The number of esters is 1. The van der Waals surface area contributed by atoms with Crippen LogP contribution in [0.5, 0.6) is 0 Å². The second kappa shape index (κ2) is 18.1. The maximum absolute atomic E-state index is 13.2. The lowest BCUT2D eigenvalue weighted by molar-refractivity contribution is -0.148. The summed E-state index contributed by atoms with van der Waals surface area (Å²) in [5.41, 5.74) is 6.12. The second-order valence-electron chi connectivity index (χ2n) is 11.5. The zero-order valence-electron chi connectivity index (χ0n) is 26.2. The van der Waals surface area contributed by atoms with Crippen molar-refractivity contribution < 1.29 is 33.4 Å². The summed E-state index contributed by atoms with van der Waals surface area (Å²) >= 11 is 0. The van der Waals surface area contributed by atoms with E-state index in [0.717, 1.165) is 11.1 Å². The van der Waals surface area contributed by atoms with Gasteiger partial charge in [-0.15, -0.1) is 0 Å². The number of benzene rings is 2. The summed E-state index contributed by atoms with van der Waals surface area (Å²) in [6.07, 6.45) is -0.461. The first-order valence-corrected chi connectivity index (χ1v) is 14.7. The van der Waals surface area contributed by atoms with Crippen molar-refractivity contribution in [3.05, 3.63) is 71.8 Å². The van der Waals surface area contributed by atoms with Gasteiger partial charge in [-0.05, 0) is 35.3 Å². The number of hydrogen-bond donors (Lipinski definition) is 5. The van der Waals surface area contributed by atoms with Crippen LogP contribution in [0.3, 0.4) is 0 Å². The minimum Gasteiger partial charge on any atom is -0.459 e. The molecule has 0 aliphatic carbocycles. The normalized spacial score (nSPS) is 12.9. The fraction of sp³-hybridized carbons (Fsp3) is 0.469. The van der Waals surface area contributed by atoms with Gasteiger partial charge in [0.1, 0.15) is 31.3 Å². The molecule has 12 nitrogen and oxygen atoms in total. The molecule has 0 radical (unpaired) electrons. The molecule has 0 fully saturated rings. The quantitative estimate of drug-likeness (QED) is 0.161. The fourth-order valence-electron chi connectivity index (χ4n) is 4.09. The molecule has 0 aliphatic heterocycles. The molecule has 3 atom stereocenters. The molecule has 240 valence electrons. The van der Waals surface area contributed by atoms with E-state index < -0.39 is 48.0 Å². The molecular weight excluding hydrogens is 566 g/mol. The zero-order chi connectivity index (χ0) is 32.6. The van der Waals surface area contributed by atoms with E-state index >= 15 is 0 Å². The molecule has 2 aromatic carbocycles. The standard InChI is InChI=1S/C32H45N5O7/c1-20(2)17-25(33-32(42)44-19-24-15-11-8-12-16-24)28(38)34-26(21(3)4)29(39)36-37-31(41)35-27(22(5)6)30(40)43-18-23-13-9-7-10-14-23/h7-16,20-22,25-27H,17-19H2,1-6H3,(H,33,42)(H,34,38)(H,36,39)(H2,35,37,41)/t25-,26-,27-/m0/s1. The van der Waals surface area contributed by atoms with Crippen LogP contribution in [0.2, 0.25) is 0 Å². The molecule has 0 aromatic heterocycles. The topological polar surface area (TPSA) is 164 Å². The molecule has 5 amide bonds. The van der Waals surface area contributed by atoms with Gasteiger partial charge in [-0.1, -0.05) is 102 Å². The van der Waals surface area contributed by atoms with Crippen LogP contribution >= 0.6 is 0 Å². The molecule has 44 heavy (non-hydrogen) atoms. The van der Waals surface area contributed by atoms with Crippen LogP contribution in [0.25, 0.3) is 0 Å². The number of hydrazine groups is 1. The van der Waals surface area contributed by atoms with Gasteiger partial charge in [-0.3, -0.25) is 15.0 Å². The Labute approximate surface area is 259 Å². The van der Waals surface area contributed by atoms with Crippen LogP contribution in [0.1, 0.15) is 59.1 Å². The number of nitrogens with one attached hydrogen (secondary N) is 5. The first-order chi connectivity index (χ1) is 20.9. The van der Waals surface area contributed by atoms with E-state index in [0.29, 0.717) is 6.42 Å². The first kappa shape index (κ1) is 35.6. The molecule has 0 spiro atoms. The van der Waals surface area contributed by atoms with Crippen molar-refractivity contribution in [2.45, 2.75) is 79.3 Å². The maximum Gasteiger partial charge on any atom is 0.408 e. The van der Waals surface area contributed by atoms with E-state index in [4.69, 9.17) is 9.47 Å². The summed E-state index contributed by atoms with van der Waals surface area (Å²) in [5, 5.41) is 7.77. The minimum absolute atomic E-state index is 0.0376. The van der Waals surface area contributed by atoms with E-state index in [1.807, 2.05) is 74.5 Å². The lowest BCUT2D eigenvalue weighted by Crippen LogP contribution is -2.60. The molecule has 12 heteroatoms. The SMILES string of the molecule is CC(C)C[C@H](NC(=O)OCc1ccccc1)C(=O)N[C@H](C(=O)NNC(=O)N[C@H](C(=O)OCc1ccccc1)C(C)C)C(C)C. The Morgan fingerprint density at radius 1 is 0.614 bits per heavy atom. The van der Waals surface area contributed by atoms with Gasteiger partial charge in [-0.2, -0.15) is 0 Å². The minimum atomic E-state index is -1.05. The van der Waals surface area contributed by atoms with Crippen molar-refractivity contribution in [2.24, 2.45) is 17.8 Å². The number of carbonyl (C=O) groups excluding carboxylic acids is 5. The number of urea groups is 1. The van der Waals surface area contributed by atoms with Crippen LogP contribution in [0.15, 0.2) is 60.7 Å². The van der Waals surface area contributed by atoms with Gasteiger partial charge in [0.25, 0.3) is 5.91 Å². The molecule has 2 aromatic rings. The van der Waals surface area contributed by atoms with Gasteiger partial charge in [0, 0.05) is 0 Å². The summed E-state index contributed by atoms with van der Waals surface area (Å²) in [4.78, 5) is 63.9. The molecular formula is C32H45N5O7. The predicted octanol–water partition coefficient (Wildman–Crippen LogP) is 3.57. The summed E-state index contributed by atoms with van der Waals surface area (Å²) in [7, 11) is 0. The third-order valence-electron chi connectivity index (χ3n) is 6.51. The van der Waals surface area contributed by atoms with E-state index in [1.165, 1.54) is 0 Å².